The van der Waals surface area contributed by atoms with Crippen molar-refractivity contribution in [2.45, 2.75) is 24.9 Å². The number of hydrogen-bond acceptors (Lipinski definition) is 3. The molecule has 1 saturated heterocycles. The summed E-state index contributed by atoms with van der Waals surface area (Å²) in [6.45, 7) is 0.532. The van der Waals surface area contributed by atoms with Crippen LogP contribution in [0, 0.1) is 0 Å². The minimum Gasteiger partial charge on any atom is -0.373 e. The van der Waals surface area contributed by atoms with E-state index in [0.717, 1.165) is 5.69 Å². The molecule has 18 heavy (non-hydrogen) atoms. The first-order chi connectivity index (χ1) is 8.72. The lowest BCUT2D eigenvalue weighted by Crippen LogP contribution is -2.44. The van der Waals surface area contributed by atoms with Crippen molar-refractivity contribution in [3.63, 3.8) is 0 Å². The molecule has 2 aliphatic rings. The lowest BCUT2D eigenvalue weighted by atomic mass is 10.1. The second-order valence-electron chi connectivity index (χ2n) is 4.77. The Morgan fingerprint density at radius 1 is 1.28 bits per heavy atom. The molecular weight excluding hydrogens is 230 g/mol. The fourth-order valence-electron chi connectivity index (χ4n) is 2.47. The average Bonchev–Trinajstić information content (AvgIpc) is 2.95. The highest BCUT2D eigenvalue weighted by molar-refractivity contribution is 5.88. The highest BCUT2D eigenvalue weighted by Crippen LogP contribution is 2.25. The monoisotopic (exact) mass is 245 g/mol. The minimum atomic E-state index is -0.224. The Hall–Kier alpha value is -2.04. The summed E-state index contributed by atoms with van der Waals surface area (Å²) in [5.74, 6) is -0.0318. The van der Waals surface area contributed by atoms with E-state index in [1.807, 2.05) is 24.3 Å². The average molecular weight is 245 g/mol. The van der Waals surface area contributed by atoms with Crippen LogP contribution in [0.2, 0.25) is 0 Å². The summed E-state index contributed by atoms with van der Waals surface area (Å²) >= 11 is 0. The van der Waals surface area contributed by atoms with E-state index in [1.54, 1.807) is 0 Å². The maximum absolute atomic E-state index is 12.1. The molecule has 0 aromatic heterocycles. The highest BCUT2D eigenvalue weighted by Gasteiger charge is 2.30. The standard InChI is InChI=1S/C13H15N3O2/c17-12-6-9(7-14-12)15-13(18)11-5-8-3-1-2-4-10(8)16-11/h1-4,9,11,16H,5-7H2,(H,14,17)(H,15,18). The third-order valence-corrected chi connectivity index (χ3v) is 3.41. The van der Waals surface area contributed by atoms with Crippen LogP contribution in [0.4, 0.5) is 5.69 Å². The SMILES string of the molecule is O=C1CC(NC(=O)C2Cc3ccccc3N2)CN1. The van der Waals surface area contributed by atoms with E-state index in [9.17, 15) is 9.59 Å². The number of carbonyl (C=O) groups excluding carboxylic acids is 2. The molecule has 2 atom stereocenters. The summed E-state index contributed by atoms with van der Waals surface area (Å²) in [4.78, 5) is 23.1. The van der Waals surface area contributed by atoms with Crippen molar-refractivity contribution in [1.82, 2.24) is 10.6 Å². The number of anilines is 1. The Bertz CT molecular complexity index is 476. The van der Waals surface area contributed by atoms with E-state index < -0.39 is 0 Å². The van der Waals surface area contributed by atoms with E-state index in [-0.39, 0.29) is 23.9 Å². The van der Waals surface area contributed by atoms with Crippen LogP contribution in [-0.4, -0.2) is 30.4 Å². The van der Waals surface area contributed by atoms with E-state index in [2.05, 4.69) is 16.0 Å². The molecule has 1 fully saturated rings. The lowest BCUT2D eigenvalue weighted by Gasteiger charge is -2.15. The second-order valence-corrected chi connectivity index (χ2v) is 4.77. The molecule has 5 nitrogen and oxygen atoms in total. The van der Waals surface area contributed by atoms with Crippen LogP contribution >= 0.6 is 0 Å². The Labute approximate surface area is 105 Å². The van der Waals surface area contributed by atoms with Gasteiger partial charge in [0, 0.05) is 25.1 Å². The predicted octanol–water partition coefficient (Wildman–Crippen LogP) is 0.0279. The van der Waals surface area contributed by atoms with Gasteiger partial charge in [0.25, 0.3) is 0 Å². The van der Waals surface area contributed by atoms with Crippen LogP contribution in [0.15, 0.2) is 24.3 Å². The Kier molecular flexibility index (Phi) is 2.66. The number of carbonyl (C=O) groups is 2. The molecule has 5 heteroatoms. The molecule has 2 aliphatic heterocycles. The molecule has 94 valence electrons. The van der Waals surface area contributed by atoms with Gasteiger partial charge in [0.15, 0.2) is 0 Å². The molecule has 2 amide bonds. The van der Waals surface area contributed by atoms with Gasteiger partial charge in [-0.1, -0.05) is 18.2 Å². The Morgan fingerprint density at radius 3 is 2.83 bits per heavy atom. The summed E-state index contributed by atoms with van der Waals surface area (Å²) in [6.07, 6.45) is 1.08. The van der Waals surface area contributed by atoms with Crippen molar-refractivity contribution in [3.05, 3.63) is 29.8 Å². The van der Waals surface area contributed by atoms with Crippen molar-refractivity contribution >= 4 is 17.5 Å². The Morgan fingerprint density at radius 2 is 2.11 bits per heavy atom. The lowest BCUT2D eigenvalue weighted by molar-refractivity contribution is -0.122. The van der Waals surface area contributed by atoms with Crippen LogP contribution in [0.5, 0.6) is 0 Å². The summed E-state index contributed by atoms with van der Waals surface area (Å²) in [5.41, 5.74) is 2.19. The van der Waals surface area contributed by atoms with Gasteiger partial charge >= 0.3 is 0 Å². The van der Waals surface area contributed by atoms with E-state index in [4.69, 9.17) is 0 Å². The number of rotatable bonds is 2. The molecule has 0 saturated carbocycles. The van der Waals surface area contributed by atoms with Crippen LogP contribution in [0.1, 0.15) is 12.0 Å². The van der Waals surface area contributed by atoms with E-state index >= 15 is 0 Å². The molecular formula is C13H15N3O2. The summed E-state index contributed by atoms with van der Waals surface area (Å²) in [7, 11) is 0. The van der Waals surface area contributed by atoms with Crippen LogP contribution in [-0.2, 0) is 16.0 Å². The molecule has 0 bridgehead atoms. The van der Waals surface area contributed by atoms with Gasteiger partial charge in [-0.3, -0.25) is 9.59 Å². The number of amides is 2. The van der Waals surface area contributed by atoms with Crippen LogP contribution < -0.4 is 16.0 Å². The topological polar surface area (TPSA) is 70.2 Å². The first kappa shape index (κ1) is 11.1. The molecule has 3 rings (SSSR count). The van der Waals surface area contributed by atoms with Gasteiger partial charge in [-0.15, -0.1) is 0 Å². The van der Waals surface area contributed by atoms with E-state index in [1.165, 1.54) is 5.56 Å². The van der Waals surface area contributed by atoms with Crippen molar-refractivity contribution in [3.8, 4) is 0 Å². The summed E-state index contributed by atoms with van der Waals surface area (Å²) in [6, 6.07) is 7.62. The maximum atomic E-state index is 12.1. The molecule has 1 aromatic rings. The smallest absolute Gasteiger partial charge is 0.243 e. The third kappa shape index (κ3) is 2.03. The summed E-state index contributed by atoms with van der Waals surface area (Å²) < 4.78 is 0. The van der Waals surface area contributed by atoms with Gasteiger partial charge in [-0.2, -0.15) is 0 Å². The zero-order chi connectivity index (χ0) is 12.5. The quantitative estimate of drug-likeness (QED) is 0.688. The van der Waals surface area contributed by atoms with Crippen molar-refractivity contribution in [2.75, 3.05) is 11.9 Å². The first-order valence-electron chi connectivity index (χ1n) is 6.14. The van der Waals surface area contributed by atoms with Gasteiger partial charge in [0.05, 0.1) is 6.04 Å². The number of hydrogen-bond donors (Lipinski definition) is 3. The molecule has 1 aromatic carbocycles. The van der Waals surface area contributed by atoms with Gasteiger partial charge < -0.3 is 16.0 Å². The van der Waals surface area contributed by atoms with Gasteiger partial charge in [0.1, 0.15) is 6.04 Å². The van der Waals surface area contributed by atoms with Crippen molar-refractivity contribution in [1.29, 1.82) is 0 Å². The third-order valence-electron chi connectivity index (χ3n) is 3.41. The van der Waals surface area contributed by atoms with Crippen LogP contribution in [0.3, 0.4) is 0 Å². The molecule has 0 aliphatic carbocycles. The number of fused-ring (bicyclic) bond motifs is 1. The zero-order valence-electron chi connectivity index (χ0n) is 9.90. The Balaban J connectivity index is 1.61. The molecule has 3 N–H and O–H groups in total. The fraction of sp³-hybridized carbons (Fsp3) is 0.385. The molecule has 0 radical (unpaired) electrons. The second kappa shape index (κ2) is 4.33. The number of benzene rings is 1. The predicted molar refractivity (Wildman–Crippen MR) is 67.1 cm³/mol. The number of para-hydroxylation sites is 1. The summed E-state index contributed by atoms with van der Waals surface area (Å²) in [5, 5.41) is 8.81. The van der Waals surface area contributed by atoms with Crippen LogP contribution in [0.25, 0.3) is 0 Å². The van der Waals surface area contributed by atoms with Gasteiger partial charge in [0.2, 0.25) is 11.8 Å². The normalized spacial score (nSPS) is 25.2. The maximum Gasteiger partial charge on any atom is 0.243 e. The zero-order valence-corrected chi connectivity index (χ0v) is 9.90. The molecule has 0 spiro atoms. The highest BCUT2D eigenvalue weighted by atomic mass is 16.2. The van der Waals surface area contributed by atoms with Gasteiger partial charge in [-0.25, -0.2) is 0 Å². The van der Waals surface area contributed by atoms with Gasteiger partial charge in [-0.05, 0) is 11.6 Å². The molecule has 2 unspecified atom stereocenters. The fourth-order valence-corrected chi connectivity index (χ4v) is 2.47. The first-order valence-corrected chi connectivity index (χ1v) is 6.14. The minimum absolute atomic E-state index is 0.00275. The largest absolute Gasteiger partial charge is 0.373 e. The van der Waals surface area contributed by atoms with Crippen molar-refractivity contribution < 1.29 is 9.59 Å². The van der Waals surface area contributed by atoms with E-state index in [0.29, 0.717) is 19.4 Å². The number of nitrogens with one attached hydrogen (secondary N) is 3. The van der Waals surface area contributed by atoms with Crippen molar-refractivity contribution in [2.24, 2.45) is 0 Å². The molecule has 2 heterocycles.